The van der Waals surface area contributed by atoms with Crippen molar-refractivity contribution >= 4 is 15.7 Å². The fourth-order valence-corrected chi connectivity index (χ4v) is 5.21. The third-order valence-corrected chi connectivity index (χ3v) is 7.91. The van der Waals surface area contributed by atoms with E-state index in [4.69, 9.17) is 14.0 Å². The van der Waals surface area contributed by atoms with Crippen molar-refractivity contribution in [3.8, 4) is 22.9 Å². The summed E-state index contributed by atoms with van der Waals surface area (Å²) < 4.78 is 44.6. The number of hydrogen-bond donors (Lipinski definition) is 3. The minimum Gasteiger partial charge on any atom is -0.497 e. The lowest BCUT2D eigenvalue weighted by molar-refractivity contribution is 0.174. The molecule has 0 aliphatic carbocycles. The minimum atomic E-state index is -3.81. The molecule has 0 unspecified atom stereocenters. The molecular weight excluding hydrogens is 570 g/mol. The summed E-state index contributed by atoms with van der Waals surface area (Å²) in [5.41, 5.74) is 2.85. The maximum Gasteiger partial charge on any atom is 0.264 e. The second kappa shape index (κ2) is 13.9. The predicted octanol–water partition coefficient (Wildman–Crippen LogP) is 4.39. The Balaban J connectivity index is 1.10. The number of aliphatic hydroxyl groups excluding tert-OH is 1. The van der Waals surface area contributed by atoms with Gasteiger partial charge in [0.25, 0.3) is 15.9 Å². The average Bonchev–Trinajstić information content (AvgIpc) is 3.52. The van der Waals surface area contributed by atoms with Gasteiger partial charge in [0.15, 0.2) is 6.61 Å². The van der Waals surface area contributed by atoms with E-state index in [1.807, 2.05) is 18.2 Å². The third-order valence-electron chi connectivity index (χ3n) is 6.52. The van der Waals surface area contributed by atoms with Gasteiger partial charge in [-0.2, -0.15) is 4.98 Å². The second-order valence-corrected chi connectivity index (χ2v) is 11.2. The van der Waals surface area contributed by atoms with Gasteiger partial charge >= 0.3 is 0 Å². The average molecular weight is 602 g/mol. The van der Waals surface area contributed by atoms with Crippen LogP contribution >= 0.6 is 0 Å². The van der Waals surface area contributed by atoms with Gasteiger partial charge < -0.3 is 24.4 Å². The van der Waals surface area contributed by atoms with Crippen molar-refractivity contribution in [2.45, 2.75) is 24.0 Å². The fraction of sp³-hybridized carbons (Fsp3) is 0.194. The van der Waals surface area contributed by atoms with E-state index in [1.54, 1.807) is 74.1 Å². The van der Waals surface area contributed by atoms with Crippen LogP contribution < -0.4 is 19.5 Å². The van der Waals surface area contributed by atoms with Crippen LogP contribution in [0.1, 0.15) is 23.1 Å². The lowest BCUT2D eigenvalue weighted by atomic mass is 10.1. The molecule has 0 fully saturated rings. The number of anilines is 1. The number of sulfonamides is 1. The monoisotopic (exact) mass is 601 g/mol. The van der Waals surface area contributed by atoms with Crippen molar-refractivity contribution in [3.63, 3.8) is 0 Å². The molecule has 1 atom stereocenters. The highest BCUT2D eigenvalue weighted by Gasteiger charge is 2.16. The van der Waals surface area contributed by atoms with E-state index < -0.39 is 16.1 Å². The van der Waals surface area contributed by atoms with Gasteiger partial charge in [0.05, 0.1) is 18.1 Å². The van der Waals surface area contributed by atoms with Crippen LogP contribution in [0.15, 0.2) is 107 Å². The van der Waals surface area contributed by atoms with E-state index in [-0.39, 0.29) is 17.4 Å². The Bertz CT molecular complexity index is 1690. The first-order chi connectivity index (χ1) is 20.9. The number of methoxy groups -OCH3 is 1. The third kappa shape index (κ3) is 8.16. The van der Waals surface area contributed by atoms with Crippen molar-refractivity contribution in [3.05, 3.63) is 114 Å². The molecule has 0 amide bonds. The van der Waals surface area contributed by atoms with Gasteiger partial charge in [-0.15, -0.1) is 0 Å². The zero-order valence-corrected chi connectivity index (χ0v) is 24.2. The van der Waals surface area contributed by atoms with Crippen molar-refractivity contribution in [1.82, 2.24) is 20.4 Å². The number of nitrogens with zero attached hydrogens (tertiary/aromatic N) is 3. The molecule has 43 heavy (non-hydrogen) atoms. The van der Waals surface area contributed by atoms with Crippen LogP contribution in [0.25, 0.3) is 11.4 Å². The molecule has 0 radical (unpaired) electrons. The molecule has 11 nitrogen and oxygen atoms in total. The van der Waals surface area contributed by atoms with Crippen LogP contribution in [0.5, 0.6) is 11.5 Å². The van der Waals surface area contributed by atoms with Crippen molar-refractivity contribution in [2.75, 3.05) is 24.9 Å². The van der Waals surface area contributed by atoms with E-state index in [0.717, 1.165) is 23.3 Å². The van der Waals surface area contributed by atoms with Gasteiger partial charge in [-0.1, -0.05) is 23.4 Å². The molecule has 2 heterocycles. The Hall–Kier alpha value is -4.78. The van der Waals surface area contributed by atoms with Crippen LogP contribution in [-0.4, -0.2) is 48.8 Å². The molecule has 0 saturated carbocycles. The van der Waals surface area contributed by atoms with Gasteiger partial charge in [-0.05, 0) is 85.3 Å². The maximum absolute atomic E-state index is 13.0. The highest BCUT2D eigenvalue weighted by Crippen LogP contribution is 2.22. The first-order valence-corrected chi connectivity index (χ1v) is 15.0. The number of aromatic nitrogens is 3. The summed E-state index contributed by atoms with van der Waals surface area (Å²) in [5, 5.41) is 17.4. The number of aliphatic hydroxyl groups is 1. The molecule has 0 aliphatic rings. The van der Waals surface area contributed by atoms with Crippen LogP contribution in [0, 0.1) is 0 Å². The molecule has 5 aromatic rings. The summed E-state index contributed by atoms with van der Waals surface area (Å²) in [6.07, 6.45) is 3.40. The molecule has 0 bridgehead atoms. The Morgan fingerprint density at radius 3 is 2.40 bits per heavy atom. The van der Waals surface area contributed by atoms with Crippen LogP contribution in [-0.2, 0) is 23.1 Å². The second-order valence-electron chi connectivity index (χ2n) is 9.56. The smallest absolute Gasteiger partial charge is 0.264 e. The van der Waals surface area contributed by atoms with Gasteiger partial charge in [0.2, 0.25) is 5.82 Å². The number of nitrogens with one attached hydrogen (secondary N) is 2. The first kappa shape index (κ1) is 29.7. The predicted molar refractivity (Wildman–Crippen MR) is 160 cm³/mol. The SMILES string of the molecule is COc1ccc(OCc2nc(-c3ccc(S(=O)(=O)Nc4ccc(CCNC[C@H](O)c5cccnc5)cc4)cc3)no2)cc1. The summed E-state index contributed by atoms with van der Waals surface area (Å²) in [6.45, 7) is 1.15. The maximum atomic E-state index is 13.0. The molecule has 3 aromatic carbocycles. The molecule has 12 heteroatoms. The highest BCUT2D eigenvalue weighted by atomic mass is 32.2. The van der Waals surface area contributed by atoms with Crippen LogP contribution in [0.2, 0.25) is 0 Å². The lowest BCUT2D eigenvalue weighted by Gasteiger charge is -2.12. The molecule has 5 rings (SSSR count). The Labute approximate surface area is 249 Å². The normalized spacial score (nSPS) is 12.0. The van der Waals surface area contributed by atoms with Gasteiger partial charge in [0, 0.05) is 35.8 Å². The lowest BCUT2D eigenvalue weighted by Crippen LogP contribution is -2.23. The van der Waals surface area contributed by atoms with E-state index in [2.05, 4.69) is 25.2 Å². The minimum absolute atomic E-state index is 0.0836. The molecule has 0 saturated heterocycles. The first-order valence-electron chi connectivity index (χ1n) is 13.5. The van der Waals surface area contributed by atoms with Crippen molar-refractivity contribution in [2.24, 2.45) is 0 Å². The van der Waals surface area contributed by atoms with Crippen molar-refractivity contribution in [1.29, 1.82) is 0 Å². The number of pyridine rings is 1. The molecule has 0 aliphatic heterocycles. The standard InChI is InChI=1S/C31H31N5O6S/c1-40-26-10-12-27(13-11-26)41-21-30-34-31(35-42-30)23-6-14-28(15-7-23)43(38,39)36-25-8-4-22(5-9-25)16-18-33-20-29(37)24-3-2-17-32-19-24/h2-15,17,19,29,33,36-37H,16,18,20-21H2,1H3/t29-/m0/s1. The highest BCUT2D eigenvalue weighted by molar-refractivity contribution is 7.92. The van der Waals surface area contributed by atoms with E-state index in [0.29, 0.717) is 35.9 Å². The van der Waals surface area contributed by atoms with Crippen LogP contribution in [0.4, 0.5) is 5.69 Å². The topological polar surface area (TPSA) is 149 Å². The Kier molecular flexibility index (Phi) is 9.62. The van der Waals surface area contributed by atoms with Crippen molar-refractivity contribution < 1.29 is 27.5 Å². The van der Waals surface area contributed by atoms with Gasteiger partial charge in [-0.25, -0.2) is 8.42 Å². The van der Waals surface area contributed by atoms with E-state index in [1.165, 1.54) is 12.1 Å². The summed E-state index contributed by atoms with van der Waals surface area (Å²) in [6, 6.07) is 24.1. The van der Waals surface area contributed by atoms with E-state index >= 15 is 0 Å². The Morgan fingerprint density at radius 2 is 1.70 bits per heavy atom. The molecular formula is C31H31N5O6S. The zero-order valence-electron chi connectivity index (χ0n) is 23.4. The summed E-state index contributed by atoms with van der Waals surface area (Å²) in [7, 11) is -2.22. The number of hydrogen-bond acceptors (Lipinski definition) is 10. The number of benzene rings is 3. The summed E-state index contributed by atoms with van der Waals surface area (Å²) >= 11 is 0. The quantitative estimate of drug-likeness (QED) is 0.157. The largest absolute Gasteiger partial charge is 0.497 e. The van der Waals surface area contributed by atoms with E-state index in [9.17, 15) is 13.5 Å². The fourth-order valence-electron chi connectivity index (χ4n) is 4.15. The van der Waals surface area contributed by atoms with Gasteiger partial charge in [-0.3, -0.25) is 9.71 Å². The summed E-state index contributed by atoms with van der Waals surface area (Å²) in [4.78, 5) is 8.45. The molecule has 2 aromatic heterocycles. The summed E-state index contributed by atoms with van der Waals surface area (Å²) in [5.74, 6) is 1.96. The number of rotatable bonds is 14. The number of ether oxygens (including phenoxy) is 2. The van der Waals surface area contributed by atoms with Gasteiger partial charge in [0.1, 0.15) is 11.5 Å². The molecule has 222 valence electrons. The molecule has 3 N–H and O–H groups in total. The molecule has 0 spiro atoms. The Morgan fingerprint density at radius 1 is 0.953 bits per heavy atom. The zero-order chi connectivity index (χ0) is 30.1. The van der Waals surface area contributed by atoms with Crippen LogP contribution in [0.3, 0.4) is 0 Å².